The molecule has 22 heavy (non-hydrogen) atoms. The molecule has 0 N–H and O–H groups in total. The molecule has 0 amide bonds. The summed E-state index contributed by atoms with van der Waals surface area (Å²) in [4.78, 5) is 4.66. The van der Waals surface area contributed by atoms with Crippen LogP contribution < -0.4 is 4.74 Å². The molecular formula is C20H17NO. The van der Waals surface area contributed by atoms with Crippen molar-refractivity contribution in [2.75, 3.05) is 7.11 Å². The highest BCUT2D eigenvalue weighted by Gasteiger charge is 2.03. The Labute approximate surface area is 130 Å². The number of aliphatic imine (C=N–C) groups is 1. The lowest BCUT2D eigenvalue weighted by molar-refractivity contribution is 0.414. The Morgan fingerprint density at radius 3 is 2.27 bits per heavy atom. The summed E-state index contributed by atoms with van der Waals surface area (Å²) in [5.74, 6) is 0.823. The minimum atomic E-state index is 0.823. The number of hydrogen-bond donors (Lipinski definition) is 0. The van der Waals surface area contributed by atoms with Crippen LogP contribution in [-0.2, 0) is 0 Å². The predicted octanol–water partition coefficient (Wildman–Crippen LogP) is 5.11. The second kappa shape index (κ2) is 6.72. The number of ether oxygens (including phenoxy) is 1. The molecule has 0 heterocycles. The molecule has 0 saturated carbocycles. The number of para-hydroxylation sites is 2. The molecule has 0 unspecified atom stereocenters. The predicted molar refractivity (Wildman–Crippen MR) is 92.1 cm³/mol. The van der Waals surface area contributed by atoms with Crippen LogP contribution in [0.15, 0.2) is 83.9 Å². The van der Waals surface area contributed by atoms with Gasteiger partial charge in [-0.15, -0.1) is 0 Å². The second-order valence-electron chi connectivity index (χ2n) is 4.88. The number of methoxy groups -OCH3 is 1. The van der Waals surface area contributed by atoms with Crippen molar-refractivity contribution in [3.05, 3.63) is 84.4 Å². The fourth-order valence-corrected chi connectivity index (χ4v) is 2.36. The normalized spacial score (nSPS) is 10.8. The number of rotatable bonds is 4. The third-order valence-electron chi connectivity index (χ3n) is 3.47. The van der Waals surface area contributed by atoms with Crippen LogP contribution in [0.5, 0.6) is 5.75 Å². The minimum absolute atomic E-state index is 0.823. The van der Waals surface area contributed by atoms with Gasteiger partial charge in [0.1, 0.15) is 5.75 Å². The molecule has 3 aromatic carbocycles. The first-order valence-electron chi connectivity index (χ1n) is 7.20. The fraction of sp³-hybridized carbons (Fsp3) is 0.0500. The van der Waals surface area contributed by atoms with Gasteiger partial charge in [0.2, 0.25) is 0 Å². The van der Waals surface area contributed by atoms with E-state index < -0.39 is 0 Å². The summed E-state index contributed by atoms with van der Waals surface area (Å²) in [6, 6.07) is 26.3. The van der Waals surface area contributed by atoms with Gasteiger partial charge in [0, 0.05) is 17.3 Å². The Morgan fingerprint density at radius 2 is 1.45 bits per heavy atom. The maximum Gasteiger partial charge on any atom is 0.127 e. The van der Waals surface area contributed by atoms with Gasteiger partial charge in [-0.05, 0) is 23.8 Å². The maximum atomic E-state index is 5.36. The molecular weight excluding hydrogens is 270 g/mol. The van der Waals surface area contributed by atoms with E-state index in [0.29, 0.717) is 0 Å². The molecule has 0 aliphatic carbocycles. The van der Waals surface area contributed by atoms with Gasteiger partial charge >= 0.3 is 0 Å². The highest BCUT2D eigenvalue weighted by Crippen LogP contribution is 2.30. The van der Waals surface area contributed by atoms with Crippen molar-refractivity contribution in [1.29, 1.82) is 0 Å². The zero-order valence-electron chi connectivity index (χ0n) is 12.4. The third-order valence-corrected chi connectivity index (χ3v) is 3.47. The highest BCUT2D eigenvalue weighted by atomic mass is 16.5. The van der Waals surface area contributed by atoms with Crippen molar-refractivity contribution in [3.63, 3.8) is 0 Å². The van der Waals surface area contributed by atoms with E-state index in [1.807, 2.05) is 66.9 Å². The van der Waals surface area contributed by atoms with E-state index in [4.69, 9.17) is 4.74 Å². The first-order valence-corrected chi connectivity index (χ1v) is 7.20. The average molecular weight is 287 g/mol. The largest absolute Gasteiger partial charge is 0.496 e. The lowest BCUT2D eigenvalue weighted by atomic mass is 10.0. The Bertz CT molecular complexity index is 778. The molecule has 0 fully saturated rings. The van der Waals surface area contributed by atoms with E-state index >= 15 is 0 Å². The van der Waals surface area contributed by atoms with Crippen LogP contribution in [-0.4, -0.2) is 13.3 Å². The highest BCUT2D eigenvalue weighted by molar-refractivity contribution is 5.88. The third kappa shape index (κ3) is 3.07. The summed E-state index contributed by atoms with van der Waals surface area (Å²) in [6.45, 7) is 0. The Balaban J connectivity index is 1.98. The van der Waals surface area contributed by atoms with Gasteiger partial charge in [-0.3, -0.25) is 4.99 Å². The van der Waals surface area contributed by atoms with E-state index in [-0.39, 0.29) is 0 Å². The van der Waals surface area contributed by atoms with Crippen LogP contribution in [0, 0.1) is 0 Å². The molecule has 0 bridgehead atoms. The summed E-state index contributed by atoms with van der Waals surface area (Å²) >= 11 is 0. The van der Waals surface area contributed by atoms with Crippen molar-refractivity contribution >= 4 is 11.9 Å². The van der Waals surface area contributed by atoms with Gasteiger partial charge in [0.05, 0.1) is 12.8 Å². The Kier molecular flexibility index (Phi) is 4.30. The van der Waals surface area contributed by atoms with Gasteiger partial charge in [-0.25, -0.2) is 0 Å². The molecule has 0 atom stereocenters. The van der Waals surface area contributed by atoms with Crippen LogP contribution in [0.3, 0.4) is 0 Å². The first-order chi connectivity index (χ1) is 10.9. The lowest BCUT2D eigenvalue weighted by Gasteiger charge is -2.06. The zero-order valence-corrected chi connectivity index (χ0v) is 12.4. The molecule has 108 valence electrons. The second-order valence-corrected chi connectivity index (χ2v) is 4.88. The van der Waals surface area contributed by atoms with Gasteiger partial charge in [-0.2, -0.15) is 0 Å². The summed E-state index contributed by atoms with van der Waals surface area (Å²) in [6.07, 6.45) is 1.85. The van der Waals surface area contributed by atoms with Crippen LogP contribution in [0.1, 0.15) is 5.56 Å². The number of nitrogens with zero attached hydrogens (tertiary/aromatic N) is 1. The first kappa shape index (κ1) is 14.1. The van der Waals surface area contributed by atoms with Crippen LogP contribution >= 0.6 is 0 Å². The summed E-state index contributed by atoms with van der Waals surface area (Å²) in [5, 5.41) is 0. The zero-order chi connectivity index (χ0) is 15.2. The molecule has 0 aliphatic rings. The van der Waals surface area contributed by atoms with E-state index in [1.165, 1.54) is 0 Å². The van der Waals surface area contributed by atoms with Crippen LogP contribution in [0.2, 0.25) is 0 Å². The molecule has 2 heteroatoms. The van der Waals surface area contributed by atoms with Crippen molar-refractivity contribution in [1.82, 2.24) is 0 Å². The Morgan fingerprint density at radius 1 is 0.773 bits per heavy atom. The average Bonchev–Trinajstić information content (AvgIpc) is 2.61. The van der Waals surface area contributed by atoms with Gasteiger partial charge in [-0.1, -0.05) is 60.7 Å². The van der Waals surface area contributed by atoms with Crippen molar-refractivity contribution in [2.45, 2.75) is 0 Å². The molecule has 0 aliphatic heterocycles. The minimum Gasteiger partial charge on any atom is -0.496 e. The van der Waals surface area contributed by atoms with Crippen molar-refractivity contribution < 1.29 is 4.74 Å². The monoisotopic (exact) mass is 287 g/mol. The molecule has 0 spiro atoms. The van der Waals surface area contributed by atoms with Crippen LogP contribution in [0.25, 0.3) is 11.1 Å². The van der Waals surface area contributed by atoms with E-state index in [0.717, 1.165) is 28.1 Å². The van der Waals surface area contributed by atoms with Crippen molar-refractivity contribution in [2.24, 2.45) is 4.99 Å². The molecule has 3 aromatic rings. The molecule has 0 aromatic heterocycles. The summed E-state index contributed by atoms with van der Waals surface area (Å²) < 4.78 is 5.36. The van der Waals surface area contributed by atoms with E-state index in [9.17, 15) is 0 Å². The van der Waals surface area contributed by atoms with Crippen molar-refractivity contribution in [3.8, 4) is 16.9 Å². The lowest BCUT2D eigenvalue weighted by Crippen LogP contribution is -1.89. The fourth-order valence-electron chi connectivity index (χ4n) is 2.36. The van der Waals surface area contributed by atoms with Gasteiger partial charge in [0.25, 0.3) is 0 Å². The summed E-state index contributed by atoms with van der Waals surface area (Å²) in [7, 11) is 1.67. The summed E-state index contributed by atoms with van der Waals surface area (Å²) in [5.41, 5.74) is 4.19. The van der Waals surface area contributed by atoms with E-state index in [1.54, 1.807) is 7.11 Å². The molecule has 0 radical (unpaired) electrons. The number of hydrogen-bond acceptors (Lipinski definition) is 2. The SMILES string of the molecule is COc1ccccc1/C=N/c1ccccc1-c1ccccc1. The molecule has 3 rings (SSSR count). The molecule has 2 nitrogen and oxygen atoms in total. The van der Waals surface area contributed by atoms with E-state index in [2.05, 4.69) is 23.2 Å². The van der Waals surface area contributed by atoms with Gasteiger partial charge < -0.3 is 4.74 Å². The van der Waals surface area contributed by atoms with Gasteiger partial charge in [0.15, 0.2) is 0 Å². The topological polar surface area (TPSA) is 21.6 Å². The maximum absolute atomic E-state index is 5.36. The van der Waals surface area contributed by atoms with Crippen LogP contribution in [0.4, 0.5) is 5.69 Å². The standard InChI is InChI=1S/C20H17NO/c1-22-20-14-8-5-11-17(20)15-21-19-13-7-6-12-18(19)16-9-3-2-4-10-16/h2-15H,1H3/b21-15+. The quantitative estimate of drug-likeness (QED) is 0.611. The number of benzene rings is 3. The smallest absolute Gasteiger partial charge is 0.127 e. The Hall–Kier alpha value is -2.87. The molecule has 0 saturated heterocycles.